The van der Waals surface area contributed by atoms with E-state index in [1.165, 1.54) is 0 Å². The highest BCUT2D eigenvalue weighted by molar-refractivity contribution is 7.92. The van der Waals surface area contributed by atoms with Crippen LogP contribution in [0.1, 0.15) is 15.9 Å². The average Bonchev–Trinajstić information content (AvgIpc) is 3.50. The quantitative estimate of drug-likeness (QED) is 0.588. The highest BCUT2D eigenvalue weighted by Gasteiger charge is 2.38. The highest BCUT2D eigenvalue weighted by Crippen LogP contribution is 2.42. The third-order valence-corrected chi connectivity index (χ3v) is 8.18. The number of hydrogen-bond acceptors (Lipinski definition) is 5. The van der Waals surface area contributed by atoms with Gasteiger partial charge in [0.1, 0.15) is 5.75 Å². The van der Waals surface area contributed by atoms with Gasteiger partial charge in [0.15, 0.2) is 5.37 Å². The predicted molar refractivity (Wildman–Crippen MR) is 128 cm³/mol. The van der Waals surface area contributed by atoms with Crippen LogP contribution in [0.5, 0.6) is 5.75 Å². The van der Waals surface area contributed by atoms with Crippen molar-refractivity contribution >= 4 is 27.5 Å². The molecule has 2 aliphatic heterocycles. The van der Waals surface area contributed by atoms with Gasteiger partial charge < -0.3 is 20.3 Å². The maximum absolute atomic E-state index is 13.5. The van der Waals surface area contributed by atoms with Crippen LogP contribution in [0.25, 0.3) is 11.1 Å². The van der Waals surface area contributed by atoms with Crippen molar-refractivity contribution in [2.24, 2.45) is 0 Å². The normalized spacial score (nSPS) is 17.1. The minimum absolute atomic E-state index is 0.00540. The first kappa shape index (κ1) is 22.0. The van der Waals surface area contributed by atoms with Gasteiger partial charge >= 0.3 is 6.03 Å². The second kappa shape index (κ2) is 8.49. The number of hydrogen-bond donors (Lipinski definition) is 2. The van der Waals surface area contributed by atoms with Crippen molar-refractivity contribution < 1.29 is 22.7 Å². The summed E-state index contributed by atoms with van der Waals surface area (Å²) in [5.74, 6) is 0.497. The molecule has 0 spiro atoms. The molecular formula is C25H23N3O5S. The summed E-state index contributed by atoms with van der Waals surface area (Å²) in [5.41, 5.74) is 3.32. The number of methoxy groups -OCH3 is 1. The minimum atomic E-state index is -3.88. The molecule has 2 aliphatic rings. The van der Waals surface area contributed by atoms with Gasteiger partial charge in [0, 0.05) is 23.4 Å². The molecule has 1 unspecified atom stereocenters. The number of benzene rings is 3. The summed E-state index contributed by atoms with van der Waals surface area (Å²) >= 11 is 0. The molecule has 174 valence electrons. The van der Waals surface area contributed by atoms with Gasteiger partial charge in [-0.05, 0) is 53.9 Å². The molecule has 2 N–H and O–H groups in total. The summed E-state index contributed by atoms with van der Waals surface area (Å²) in [6.07, 6.45) is 0.514. The van der Waals surface area contributed by atoms with E-state index in [0.29, 0.717) is 35.5 Å². The van der Waals surface area contributed by atoms with Gasteiger partial charge in [-0.1, -0.05) is 30.3 Å². The van der Waals surface area contributed by atoms with Crippen LogP contribution >= 0.6 is 0 Å². The highest BCUT2D eigenvalue weighted by atomic mass is 32.2. The molecule has 34 heavy (non-hydrogen) atoms. The van der Waals surface area contributed by atoms with Crippen molar-refractivity contribution in [2.45, 2.75) is 16.7 Å². The molecule has 1 atom stereocenters. The molecule has 0 saturated carbocycles. The van der Waals surface area contributed by atoms with Crippen molar-refractivity contribution in [1.29, 1.82) is 0 Å². The first-order valence-corrected chi connectivity index (χ1v) is 12.4. The van der Waals surface area contributed by atoms with Crippen LogP contribution < -0.4 is 20.3 Å². The number of urea groups is 1. The minimum Gasteiger partial charge on any atom is -0.497 e. The van der Waals surface area contributed by atoms with Crippen LogP contribution in [0.3, 0.4) is 0 Å². The Morgan fingerprint density at radius 2 is 1.76 bits per heavy atom. The van der Waals surface area contributed by atoms with Gasteiger partial charge in [-0.3, -0.25) is 4.79 Å². The number of anilines is 1. The summed E-state index contributed by atoms with van der Waals surface area (Å²) in [6.45, 7) is 0.430. The van der Waals surface area contributed by atoms with Crippen LogP contribution in [0, 0.1) is 0 Å². The first-order chi connectivity index (χ1) is 16.4. The van der Waals surface area contributed by atoms with E-state index < -0.39 is 21.2 Å². The Hall–Kier alpha value is -3.85. The van der Waals surface area contributed by atoms with E-state index in [1.54, 1.807) is 48.4 Å². The molecule has 1 fully saturated rings. The third kappa shape index (κ3) is 3.67. The lowest BCUT2D eigenvalue weighted by atomic mass is 9.97. The molecule has 3 aromatic rings. The van der Waals surface area contributed by atoms with Crippen molar-refractivity contribution in [1.82, 2.24) is 10.6 Å². The zero-order valence-corrected chi connectivity index (χ0v) is 19.3. The second-order valence-electron chi connectivity index (χ2n) is 8.13. The molecule has 0 aliphatic carbocycles. The van der Waals surface area contributed by atoms with E-state index in [9.17, 15) is 18.0 Å². The average molecular weight is 478 g/mol. The van der Waals surface area contributed by atoms with Gasteiger partial charge in [-0.2, -0.15) is 0 Å². The van der Waals surface area contributed by atoms with Gasteiger partial charge in [-0.15, -0.1) is 0 Å². The van der Waals surface area contributed by atoms with E-state index in [0.717, 1.165) is 11.1 Å². The zero-order chi connectivity index (χ0) is 23.9. The van der Waals surface area contributed by atoms with Crippen LogP contribution in [0.2, 0.25) is 0 Å². The molecule has 1 saturated heterocycles. The number of nitrogens with one attached hydrogen (secondary N) is 2. The Balaban J connectivity index is 1.61. The molecular weight excluding hydrogens is 454 g/mol. The van der Waals surface area contributed by atoms with Gasteiger partial charge in [0.2, 0.25) is 9.84 Å². The smallest absolute Gasteiger partial charge is 0.315 e. The number of fused-ring (bicyclic) bond motifs is 1. The number of ether oxygens (including phenoxy) is 1. The van der Waals surface area contributed by atoms with Crippen molar-refractivity contribution in [3.63, 3.8) is 0 Å². The van der Waals surface area contributed by atoms with Crippen LogP contribution in [-0.4, -0.2) is 45.9 Å². The predicted octanol–water partition coefficient (Wildman–Crippen LogP) is 2.98. The van der Waals surface area contributed by atoms with E-state index in [1.807, 2.05) is 30.3 Å². The summed E-state index contributed by atoms with van der Waals surface area (Å²) < 4.78 is 32.2. The molecule has 2 heterocycles. The molecule has 3 aromatic carbocycles. The van der Waals surface area contributed by atoms with E-state index >= 15 is 0 Å². The lowest BCUT2D eigenvalue weighted by Crippen LogP contribution is -2.35. The summed E-state index contributed by atoms with van der Waals surface area (Å²) in [6, 6.07) is 18.9. The molecule has 0 bridgehead atoms. The van der Waals surface area contributed by atoms with Gasteiger partial charge in [0.05, 0.1) is 18.6 Å². The summed E-state index contributed by atoms with van der Waals surface area (Å²) in [5, 5.41) is 3.94. The standard InChI is InChI=1S/C25H23N3O5S/c1-33-18-9-7-17(8-10-18)24(29)28-14-13-19-20(28)11-12-21(23(19)16-5-3-2-4-6-16)34(31,32)22-15-26-25(30)27-22/h2-12,22H,13-15H2,1H3,(H2,26,27,30). The Morgan fingerprint density at radius 1 is 1.03 bits per heavy atom. The maximum atomic E-state index is 13.5. The van der Waals surface area contributed by atoms with E-state index in [2.05, 4.69) is 10.6 Å². The lowest BCUT2D eigenvalue weighted by Gasteiger charge is -2.21. The molecule has 8 nitrogen and oxygen atoms in total. The number of amides is 3. The monoisotopic (exact) mass is 477 g/mol. The number of nitrogens with zero attached hydrogens (tertiary/aromatic N) is 1. The Kier molecular flexibility index (Phi) is 5.49. The molecule has 0 aromatic heterocycles. The second-order valence-corrected chi connectivity index (χ2v) is 10.2. The Bertz CT molecular complexity index is 1370. The molecule has 0 radical (unpaired) electrons. The largest absolute Gasteiger partial charge is 0.497 e. The van der Waals surface area contributed by atoms with Crippen molar-refractivity contribution in [2.75, 3.05) is 25.1 Å². The van der Waals surface area contributed by atoms with Crippen LogP contribution in [-0.2, 0) is 16.3 Å². The SMILES string of the molecule is COc1ccc(C(=O)N2CCc3c2ccc(S(=O)(=O)C2CNC(=O)N2)c3-c2ccccc2)cc1. The third-order valence-electron chi connectivity index (χ3n) is 6.19. The van der Waals surface area contributed by atoms with Gasteiger partial charge in [-0.25, -0.2) is 13.2 Å². The van der Waals surface area contributed by atoms with E-state index in [-0.39, 0.29) is 17.3 Å². The van der Waals surface area contributed by atoms with Crippen molar-refractivity contribution in [3.8, 4) is 16.9 Å². The molecule has 5 rings (SSSR count). The summed E-state index contributed by atoms with van der Waals surface area (Å²) in [7, 11) is -2.31. The fraction of sp³-hybridized carbons (Fsp3) is 0.200. The first-order valence-electron chi connectivity index (χ1n) is 10.9. The molecule has 3 amide bonds. The Morgan fingerprint density at radius 3 is 2.41 bits per heavy atom. The lowest BCUT2D eigenvalue weighted by molar-refractivity contribution is 0.0989. The topological polar surface area (TPSA) is 105 Å². The summed E-state index contributed by atoms with van der Waals surface area (Å²) in [4.78, 5) is 26.7. The number of rotatable bonds is 5. The van der Waals surface area contributed by atoms with Gasteiger partial charge in [0.25, 0.3) is 5.91 Å². The van der Waals surface area contributed by atoms with Crippen LogP contribution in [0.15, 0.2) is 71.6 Å². The zero-order valence-electron chi connectivity index (χ0n) is 18.4. The van der Waals surface area contributed by atoms with E-state index in [4.69, 9.17) is 4.74 Å². The number of carbonyl (C=O) groups excluding carboxylic acids is 2. The fourth-order valence-corrected chi connectivity index (χ4v) is 6.15. The maximum Gasteiger partial charge on any atom is 0.315 e. The Labute approximate surface area is 197 Å². The van der Waals surface area contributed by atoms with Crippen molar-refractivity contribution in [3.05, 3.63) is 77.9 Å². The molecule has 9 heteroatoms. The number of carbonyl (C=O) groups is 2. The van der Waals surface area contributed by atoms with Crippen LogP contribution in [0.4, 0.5) is 10.5 Å². The fourth-order valence-electron chi connectivity index (χ4n) is 4.50. The number of sulfone groups is 1.